The van der Waals surface area contributed by atoms with Crippen LogP contribution < -0.4 is 11.1 Å². The van der Waals surface area contributed by atoms with Gasteiger partial charge in [-0.15, -0.1) is 0 Å². The topological polar surface area (TPSA) is 75.4 Å². The average molecular weight is 215 g/mol. The Kier molecular flexibility index (Phi) is 6.70. The molecule has 0 heterocycles. The van der Waals surface area contributed by atoms with Crippen LogP contribution in [0.4, 0.5) is 0 Å². The van der Waals surface area contributed by atoms with Crippen LogP contribution in [-0.4, -0.2) is 43.4 Å². The third-order valence-electron chi connectivity index (χ3n) is 2.43. The number of carbonyl (C=O) groups excluding carboxylic acids is 2. The second kappa shape index (κ2) is 7.23. The molecule has 0 aliphatic carbocycles. The third-order valence-corrected chi connectivity index (χ3v) is 2.43. The predicted octanol–water partition coefficient (Wildman–Crippen LogP) is -0.434. The van der Waals surface area contributed by atoms with E-state index in [0.717, 1.165) is 0 Å². The Morgan fingerprint density at radius 2 is 2.00 bits per heavy atom. The molecule has 2 amide bonds. The molecular formula is C10H21N3O2. The zero-order valence-electron chi connectivity index (χ0n) is 9.75. The Labute approximate surface area is 91.0 Å². The van der Waals surface area contributed by atoms with Gasteiger partial charge in [-0.25, -0.2) is 0 Å². The Bertz CT molecular complexity index is 215. The van der Waals surface area contributed by atoms with Gasteiger partial charge in [-0.3, -0.25) is 9.59 Å². The monoisotopic (exact) mass is 215 g/mol. The number of carbonyl (C=O) groups is 2. The van der Waals surface area contributed by atoms with Gasteiger partial charge in [0, 0.05) is 20.1 Å². The second-order valence-corrected chi connectivity index (χ2v) is 3.37. The predicted molar refractivity (Wildman–Crippen MR) is 59.2 cm³/mol. The van der Waals surface area contributed by atoms with Crippen LogP contribution in [0.5, 0.6) is 0 Å². The van der Waals surface area contributed by atoms with Gasteiger partial charge in [-0.1, -0.05) is 6.92 Å². The van der Waals surface area contributed by atoms with Gasteiger partial charge in [0.15, 0.2) is 0 Å². The quantitative estimate of drug-likeness (QED) is 0.631. The Morgan fingerprint density at radius 1 is 1.40 bits per heavy atom. The number of likely N-dealkylation sites (N-methyl/N-ethyl adjacent to an activating group) is 2. The van der Waals surface area contributed by atoms with E-state index in [0.29, 0.717) is 19.5 Å². The SMILES string of the molecule is CCC(CN)C(=O)N(CC)CC(=O)NC. The summed E-state index contributed by atoms with van der Waals surface area (Å²) in [5, 5.41) is 2.50. The maximum atomic E-state index is 11.9. The standard InChI is InChI=1S/C10H21N3O2/c1-4-8(6-11)10(15)13(5-2)7-9(14)12-3/h8H,4-7,11H2,1-3H3,(H,12,14). The van der Waals surface area contributed by atoms with Crippen molar-refractivity contribution in [3.05, 3.63) is 0 Å². The minimum Gasteiger partial charge on any atom is -0.358 e. The van der Waals surface area contributed by atoms with Crippen molar-refractivity contribution < 1.29 is 9.59 Å². The highest BCUT2D eigenvalue weighted by atomic mass is 16.2. The summed E-state index contributed by atoms with van der Waals surface area (Å²) in [5.74, 6) is -0.363. The highest BCUT2D eigenvalue weighted by Crippen LogP contribution is 2.05. The molecule has 1 atom stereocenters. The summed E-state index contributed by atoms with van der Waals surface area (Å²) in [6, 6.07) is 0. The molecule has 0 aliphatic rings. The zero-order chi connectivity index (χ0) is 11.8. The lowest BCUT2D eigenvalue weighted by molar-refractivity contribution is -0.139. The van der Waals surface area contributed by atoms with Crippen LogP contribution in [-0.2, 0) is 9.59 Å². The number of nitrogens with two attached hydrogens (primary N) is 1. The molecule has 1 unspecified atom stereocenters. The largest absolute Gasteiger partial charge is 0.358 e. The summed E-state index contributed by atoms with van der Waals surface area (Å²) >= 11 is 0. The van der Waals surface area contributed by atoms with Crippen LogP contribution >= 0.6 is 0 Å². The fourth-order valence-electron chi connectivity index (χ4n) is 1.30. The van der Waals surface area contributed by atoms with E-state index in [1.165, 1.54) is 4.90 Å². The molecule has 0 saturated carbocycles. The molecule has 88 valence electrons. The van der Waals surface area contributed by atoms with E-state index in [4.69, 9.17) is 5.73 Å². The Morgan fingerprint density at radius 3 is 2.33 bits per heavy atom. The van der Waals surface area contributed by atoms with Crippen molar-refractivity contribution in [2.45, 2.75) is 20.3 Å². The minimum atomic E-state index is -0.172. The summed E-state index contributed by atoms with van der Waals surface area (Å²) in [7, 11) is 1.56. The van der Waals surface area contributed by atoms with Crippen molar-refractivity contribution in [1.29, 1.82) is 0 Å². The minimum absolute atomic E-state index is 0.0360. The van der Waals surface area contributed by atoms with Crippen molar-refractivity contribution in [2.24, 2.45) is 11.7 Å². The zero-order valence-corrected chi connectivity index (χ0v) is 9.75. The molecule has 0 bridgehead atoms. The molecule has 5 heteroatoms. The maximum absolute atomic E-state index is 11.9. The third kappa shape index (κ3) is 4.29. The van der Waals surface area contributed by atoms with E-state index < -0.39 is 0 Å². The molecule has 3 N–H and O–H groups in total. The Hall–Kier alpha value is -1.10. The lowest BCUT2D eigenvalue weighted by atomic mass is 10.1. The highest BCUT2D eigenvalue weighted by Gasteiger charge is 2.21. The molecule has 0 aromatic heterocycles. The van der Waals surface area contributed by atoms with Gasteiger partial charge in [-0.2, -0.15) is 0 Å². The van der Waals surface area contributed by atoms with Gasteiger partial charge < -0.3 is 16.0 Å². The molecule has 15 heavy (non-hydrogen) atoms. The van der Waals surface area contributed by atoms with Crippen LogP contribution in [0.3, 0.4) is 0 Å². The van der Waals surface area contributed by atoms with Gasteiger partial charge in [-0.05, 0) is 13.3 Å². The fourth-order valence-corrected chi connectivity index (χ4v) is 1.30. The first kappa shape index (κ1) is 13.9. The molecular weight excluding hydrogens is 194 g/mol. The Balaban J connectivity index is 4.38. The number of rotatable bonds is 6. The average Bonchev–Trinajstić information content (AvgIpc) is 2.26. The summed E-state index contributed by atoms with van der Waals surface area (Å²) in [4.78, 5) is 24.5. The van der Waals surface area contributed by atoms with Gasteiger partial charge in [0.1, 0.15) is 0 Å². The number of nitrogens with zero attached hydrogens (tertiary/aromatic N) is 1. The second-order valence-electron chi connectivity index (χ2n) is 3.37. The first-order valence-electron chi connectivity index (χ1n) is 5.30. The molecule has 0 radical (unpaired) electrons. The smallest absolute Gasteiger partial charge is 0.239 e. The maximum Gasteiger partial charge on any atom is 0.239 e. The number of nitrogens with one attached hydrogen (secondary N) is 1. The van der Waals surface area contributed by atoms with Gasteiger partial charge in [0.2, 0.25) is 11.8 Å². The summed E-state index contributed by atoms with van der Waals surface area (Å²) in [6.45, 7) is 4.75. The van der Waals surface area contributed by atoms with Crippen LogP contribution in [0.15, 0.2) is 0 Å². The van der Waals surface area contributed by atoms with Crippen molar-refractivity contribution >= 4 is 11.8 Å². The van der Waals surface area contributed by atoms with Crippen LogP contribution in [0.25, 0.3) is 0 Å². The van der Waals surface area contributed by atoms with Crippen LogP contribution in [0.2, 0.25) is 0 Å². The number of amides is 2. The number of hydrogen-bond acceptors (Lipinski definition) is 3. The van der Waals surface area contributed by atoms with Crippen molar-refractivity contribution in [2.75, 3.05) is 26.7 Å². The molecule has 0 spiro atoms. The molecule has 0 aromatic rings. The van der Waals surface area contributed by atoms with E-state index in [1.54, 1.807) is 7.05 Å². The van der Waals surface area contributed by atoms with Crippen molar-refractivity contribution in [1.82, 2.24) is 10.2 Å². The lowest BCUT2D eigenvalue weighted by Crippen LogP contribution is -2.43. The molecule has 5 nitrogen and oxygen atoms in total. The molecule has 0 aromatic carbocycles. The van der Waals surface area contributed by atoms with Crippen LogP contribution in [0.1, 0.15) is 20.3 Å². The van der Waals surface area contributed by atoms with Gasteiger partial charge in [0.05, 0.1) is 12.5 Å². The van der Waals surface area contributed by atoms with E-state index in [-0.39, 0.29) is 24.3 Å². The van der Waals surface area contributed by atoms with Crippen molar-refractivity contribution in [3.8, 4) is 0 Å². The van der Waals surface area contributed by atoms with Gasteiger partial charge in [0.25, 0.3) is 0 Å². The summed E-state index contributed by atoms with van der Waals surface area (Å²) in [6.07, 6.45) is 0.708. The normalized spacial score (nSPS) is 12.0. The van der Waals surface area contributed by atoms with E-state index >= 15 is 0 Å². The van der Waals surface area contributed by atoms with Crippen LogP contribution in [0, 0.1) is 5.92 Å². The number of hydrogen-bond donors (Lipinski definition) is 2. The van der Waals surface area contributed by atoms with Gasteiger partial charge >= 0.3 is 0 Å². The first-order chi connectivity index (χ1) is 7.10. The summed E-state index contributed by atoms with van der Waals surface area (Å²) in [5.41, 5.74) is 5.49. The fraction of sp³-hybridized carbons (Fsp3) is 0.800. The first-order valence-corrected chi connectivity index (χ1v) is 5.30. The van der Waals surface area contributed by atoms with E-state index in [2.05, 4.69) is 5.32 Å². The molecule has 0 aliphatic heterocycles. The molecule has 0 saturated heterocycles. The molecule has 0 rings (SSSR count). The lowest BCUT2D eigenvalue weighted by Gasteiger charge is -2.24. The molecule has 0 fully saturated rings. The summed E-state index contributed by atoms with van der Waals surface area (Å²) < 4.78 is 0. The van der Waals surface area contributed by atoms with E-state index in [9.17, 15) is 9.59 Å². The van der Waals surface area contributed by atoms with E-state index in [1.807, 2.05) is 13.8 Å². The van der Waals surface area contributed by atoms with Crippen molar-refractivity contribution in [3.63, 3.8) is 0 Å². The highest BCUT2D eigenvalue weighted by molar-refractivity contribution is 5.85.